The zero-order valence-corrected chi connectivity index (χ0v) is 15.5. The van der Waals surface area contributed by atoms with Gasteiger partial charge in [0.25, 0.3) is 6.47 Å². The molecule has 0 radical (unpaired) electrons. The van der Waals surface area contributed by atoms with Gasteiger partial charge in [-0.15, -0.1) is 0 Å². The molecular formula is C21H19N3O4. The van der Waals surface area contributed by atoms with E-state index in [2.05, 4.69) is 11.4 Å². The number of hydrogen-bond donors (Lipinski definition) is 2. The number of aromatic nitrogens is 1. The molecule has 2 aromatic carbocycles. The van der Waals surface area contributed by atoms with Crippen molar-refractivity contribution < 1.29 is 19.4 Å². The maximum atomic E-state index is 11.7. The third-order valence-corrected chi connectivity index (χ3v) is 3.90. The highest BCUT2D eigenvalue weighted by Gasteiger charge is 2.10. The number of carbonyl (C=O) groups is 2. The summed E-state index contributed by atoms with van der Waals surface area (Å²) in [6.45, 7) is 1.76. The number of nitrogens with one attached hydrogen (secondary N) is 1. The van der Waals surface area contributed by atoms with E-state index in [1.165, 1.54) is 7.11 Å². The molecule has 1 aromatic heterocycles. The highest BCUT2D eigenvalue weighted by atomic mass is 16.5. The van der Waals surface area contributed by atoms with Crippen molar-refractivity contribution in [2.45, 2.75) is 6.92 Å². The van der Waals surface area contributed by atoms with Crippen LogP contribution >= 0.6 is 0 Å². The molecule has 3 rings (SSSR count). The Balaban J connectivity index is 0.000000878. The molecule has 0 saturated heterocycles. The van der Waals surface area contributed by atoms with Crippen molar-refractivity contribution >= 4 is 29.0 Å². The van der Waals surface area contributed by atoms with E-state index in [0.29, 0.717) is 11.3 Å². The number of carbonyl (C=O) groups excluding carboxylic acids is 1. The Bertz CT molecular complexity index is 1040. The fraction of sp³-hybridized carbons (Fsp3) is 0.143. The molecule has 0 aliphatic heterocycles. The van der Waals surface area contributed by atoms with Gasteiger partial charge < -0.3 is 15.2 Å². The molecule has 0 atom stereocenters. The smallest absolute Gasteiger partial charge is 0.290 e. The van der Waals surface area contributed by atoms with Gasteiger partial charge in [-0.1, -0.05) is 24.3 Å². The lowest BCUT2D eigenvalue weighted by atomic mass is 10.0. The Morgan fingerprint density at radius 1 is 1.29 bits per heavy atom. The van der Waals surface area contributed by atoms with Gasteiger partial charge in [0.1, 0.15) is 6.61 Å². The number of hydrogen-bond acceptors (Lipinski definition) is 5. The molecule has 0 bridgehead atoms. The minimum Gasteiger partial charge on any atom is -0.483 e. The minimum atomic E-state index is -0.250. The molecule has 0 unspecified atom stereocenters. The first kappa shape index (κ1) is 20.6. The van der Waals surface area contributed by atoms with Gasteiger partial charge in [0.05, 0.1) is 22.8 Å². The number of nitriles is 1. The number of rotatable bonds is 4. The van der Waals surface area contributed by atoms with E-state index in [4.69, 9.17) is 19.6 Å². The molecule has 7 nitrogen and oxygen atoms in total. The second kappa shape index (κ2) is 9.80. The number of nitrogens with zero attached hydrogens (tertiary/aromatic N) is 2. The molecule has 2 N–H and O–H groups in total. The lowest BCUT2D eigenvalue weighted by Crippen LogP contribution is -2.17. The van der Waals surface area contributed by atoms with Crippen molar-refractivity contribution in [1.29, 1.82) is 5.26 Å². The number of amides is 1. The third kappa shape index (κ3) is 4.90. The van der Waals surface area contributed by atoms with Crippen LogP contribution in [0, 0.1) is 18.3 Å². The summed E-state index contributed by atoms with van der Waals surface area (Å²) in [7, 11) is 1.48. The van der Waals surface area contributed by atoms with Gasteiger partial charge in [-0.25, -0.2) is 4.98 Å². The number of pyridine rings is 1. The SMILES string of the molecule is COCC(=O)Nc1ccc2c(C)cc(-c3ccccc3C#N)nc2c1.O=CO. The van der Waals surface area contributed by atoms with Gasteiger partial charge >= 0.3 is 0 Å². The summed E-state index contributed by atoms with van der Waals surface area (Å²) in [5.41, 5.74) is 4.59. The van der Waals surface area contributed by atoms with E-state index in [0.717, 1.165) is 27.7 Å². The van der Waals surface area contributed by atoms with Crippen LogP contribution in [-0.4, -0.2) is 36.2 Å². The summed E-state index contributed by atoms with van der Waals surface area (Å²) in [6, 6.07) is 17.2. The largest absolute Gasteiger partial charge is 0.483 e. The summed E-state index contributed by atoms with van der Waals surface area (Å²) >= 11 is 0. The van der Waals surface area contributed by atoms with Crippen LogP contribution in [-0.2, 0) is 14.3 Å². The zero-order valence-electron chi connectivity index (χ0n) is 15.5. The average molecular weight is 377 g/mol. The van der Waals surface area contributed by atoms with Crippen LogP contribution in [0.3, 0.4) is 0 Å². The van der Waals surface area contributed by atoms with Crippen molar-refractivity contribution in [2.75, 3.05) is 19.0 Å². The van der Waals surface area contributed by atoms with E-state index in [9.17, 15) is 10.1 Å². The van der Waals surface area contributed by atoms with Crippen molar-refractivity contribution in [1.82, 2.24) is 4.98 Å². The monoisotopic (exact) mass is 377 g/mol. The number of carboxylic acid groups (broad SMARTS) is 1. The molecular weight excluding hydrogens is 358 g/mol. The molecule has 28 heavy (non-hydrogen) atoms. The number of ether oxygens (including phenoxy) is 1. The molecule has 0 aliphatic carbocycles. The Hall–Kier alpha value is -3.76. The summed E-state index contributed by atoms with van der Waals surface area (Å²) in [6.07, 6.45) is 0. The maximum absolute atomic E-state index is 11.7. The Kier molecular flexibility index (Phi) is 7.20. The fourth-order valence-corrected chi connectivity index (χ4v) is 2.75. The van der Waals surface area contributed by atoms with E-state index in [1.807, 2.05) is 49.4 Å². The molecule has 142 valence electrons. The topological polar surface area (TPSA) is 112 Å². The van der Waals surface area contributed by atoms with Crippen LogP contribution in [0.4, 0.5) is 5.69 Å². The third-order valence-electron chi connectivity index (χ3n) is 3.90. The molecule has 0 spiro atoms. The summed E-state index contributed by atoms with van der Waals surface area (Å²) in [5.74, 6) is -0.218. The van der Waals surface area contributed by atoms with Gasteiger partial charge in [0.2, 0.25) is 5.91 Å². The number of benzene rings is 2. The standard InChI is InChI=1S/C20H17N3O2.CH2O2/c1-13-9-18(17-6-4-3-5-14(17)11-21)23-19-10-15(7-8-16(13)19)22-20(24)12-25-2;2-1-3/h3-10H,12H2,1-2H3,(H,22,24);1H,(H,2,3). The predicted octanol–water partition coefficient (Wildman–Crippen LogP) is 3.37. The molecule has 0 aliphatic rings. The van der Waals surface area contributed by atoms with Gasteiger partial charge in [0, 0.05) is 23.7 Å². The number of methoxy groups -OCH3 is 1. The minimum absolute atomic E-state index is 0.0000773. The van der Waals surface area contributed by atoms with Crippen LogP contribution in [0.1, 0.15) is 11.1 Å². The van der Waals surface area contributed by atoms with E-state index in [-0.39, 0.29) is 19.0 Å². The maximum Gasteiger partial charge on any atom is 0.290 e. The highest BCUT2D eigenvalue weighted by Crippen LogP contribution is 2.28. The van der Waals surface area contributed by atoms with Gasteiger partial charge in [-0.2, -0.15) is 5.26 Å². The molecule has 1 amide bonds. The lowest BCUT2D eigenvalue weighted by molar-refractivity contribution is -0.123. The summed E-state index contributed by atoms with van der Waals surface area (Å²) in [4.78, 5) is 24.8. The first-order valence-electron chi connectivity index (χ1n) is 8.31. The normalized spacial score (nSPS) is 9.75. The summed E-state index contributed by atoms with van der Waals surface area (Å²) in [5, 5.41) is 20.0. The second-order valence-electron chi connectivity index (χ2n) is 5.80. The van der Waals surface area contributed by atoms with Crippen LogP contribution < -0.4 is 5.32 Å². The Morgan fingerprint density at radius 2 is 2.00 bits per heavy atom. The lowest BCUT2D eigenvalue weighted by Gasteiger charge is -2.10. The van der Waals surface area contributed by atoms with Crippen LogP contribution in [0.2, 0.25) is 0 Å². The number of aryl methyl sites for hydroxylation is 1. The number of fused-ring (bicyclic) bond motifs is 1. The van der Waals surface area contributed by atoms with Gasteiger partial charge in [-0.05, 0) is 36.8 Å². The summed E-state index contributed by atoms with van der Waals surface area (Å²) < 4.78 is 4.83. The average Bonchev–Trinajstić information content (AvgIpc) is 2.68. The van der Waals surface area contributed by atoms with Crippen LogP contribution in [0.5, 0.6) is 0 Å². The highest BCUT2D eigenvalue weighted by molar-refractivity contribution is 5.95. The van der Waals surface area contributed by atoms with Crippen molar-refractivity contribution in [3.63, 3.8) is 0 Å². The van der Waals surface area contributed by atoms with Gasteiger partial charge in [0.15, 0.2) is 0 Å². The van der Waals surface area contributed by atoms with Crippen molar-refractivity contribution in [2.24, 2.45) is 0 Å². The second-order valence-corrected chi connectivity index (χ2v) is 5.80. The molecule has 3 aromatic rings. The van der Waals surface area contributed by atoms with Gasteiger partial charge in [-0.3, -0.25) is 9.59 Å². The number of anilines is 1. The van der Waals surface area contributed by atoms with Crippen LogP contribution in [0.15, 0.2) is 48.5 Å². The van der Waals surface area contributed by atoms with E-state index >= 15 is 0 Å². The zero-order chi connectivity index (χ0) is 20.5. The molecule has 0 saturated carbocycles. The van der Waals surface area contributed by atoms with Crippen LogP contribution in [0.25, 0.3) is 22.2 Å². The molecule has 1 heterocycles. The first-order chi connectivity index (χ1) is 13.5. The molecule has 0 fully saturated rings. The predicted molar refractivity (Wildman–Crippen MR) is 106 cm³/mol. The van der Waals surface area contributed by atoms with E-state index < -0.39 is 0 Å². The Labute approximate surface area is 162 Å². The van der Waals surface area contributed by atoms with E-state index in [1.54, 1.807) is 6.07 Å². The quantitative estimate of drug-likeness (QED) is 0.674. The molecule has 7 heteroatoms. The van der Waals surface area contributed by atoms with Crippen molar-refractivity contribution in [3.05, 3.63) is 59.7 Å². The first-order valence-corrected chi connectivity index (χ1v) is 8.31. The Morgan fingerprint density at radius 3 is 2.68 bits per heavy atom. The fourth-order valence-electron chi connectivity index (χ4n) is 2.75. The van der Waals surface area contributed by atoms with Crippen molar-refractivity contribution in [3.8, 4) is 17.3 Å².